The van der Waals surface area contributed by atoms with Crippen molar-refractivity contribution < 1.29 is 4.79 Å². The van der Waals surface area contributed by atoms with Crippen molar-refractivity contribution in [3.05, 3.63) is 52.9 Å². The number of carbonyl (C=O) groups excluding carboxylic acids is 1. The van der Waals surface area contributed by atoms with E-state index in [0.29, 0.717) is 22.4 Å². The predicted molar refractivity (Wildman–Crippen MR) is 92.6 cm³/mol. The van der Waals surface area contributed by atoms with Gasteiger partial charge in [-0.1, -0.05) is 6.92 Å². The lowest BCUT2D eigenvalue weighted by atomic mass is 9.93. The lowest BCUT2D eigenvalue weighted by molar-refractivity contribution is 0.102. The number of hydrogen-bond donors (Lipinski definition) is 1. The van der Waals surface area contributed by atoms with Gasteiger partial charge < -0.3 is 0 Å². The summed E-state index contributed by atoms with van der Waals surface area (Å²) in [4.78, 5) is 22.5. The zero-order valence-electron chi connectivity index (χ0n) is 13.3. The largest absolute Gasteiger partial charge is 0.298 e. The highest BCUT2D eigenvalue weighted by Gasteiger charge is 2.20. The van der Waals surface area contributed by atoms with Crippen LogP contribution in [0.15, 0.2) is 36.8 Å². The third-order valence-electron chi connectivity index (χ3n) is 4.16. The summed E-state index contributed by atoms with van der Waals surface area (Å²) < 4.78 is 1.65. The minimum Gasteiger partial charge on any atom is -0.298 e. The number of aryl methyl sites for hydroxylation is 1. The van der Waals surface area contributed by atoms with E-state index >= 15 is 0 Å². The number of thiazole rings is 1. The van der Waals surface area contributed by atoms with Gasteiger partial charge in [-0.3, -0.25) is 10.1 Å². The first kappa shape index (κ1) is 15.0. The number of pyridine rings is 1. The number of amides is 1. The standard InChI is InChI=1S/C17H17N5OS/c1-11-3-5-13-14(9-11)24-17(20-13)21-16(23)12-4-6-15(18-10-12)22-8-2-7-19-22/h2,4,6-8,10-11H,3,5,9H2,1H3,(H,20,21,23)/t11-/m1/s1. The van der Waals surface area contributed by atoms with Gasteiger partial charge in [-0.15, -0.1) is 11.3 Å². The van der Waals surface area contributed by atoms with Gasteiger partial charge in [0.15, 0.2) is 10.9 Å². The molecule has 1 aliphatic rings. The van der Waals surface area contributed by atoms with Crippen molar-refractivity contribution >= 4 is 22.4 Å². The topological polar surface area (TPSA) is 72.7 Å². The van der Waals surface area contributed by atoms with Crippen molar-refractivity contribution in [1.29, 1.82) is 0 Å². The minimum absolute atomic E-state index is 0.186. The second kappa shape index (κ2) is 6.16. The molecule has 1 N–H and O–H groups in total. The summed E-state index contributed by atoms with van der Waals surface area (Å²) in [5, 5.41) is 7.68. The molecule has 7 heteroatoms. The van der Waals surface area contributed by atoms with E-state index in [1.54, 1.807) is 40.5 Å². The average molecular weight is 339 g/mol. The Morgan fingerprint density at radius 3 is 3.08 bits per heavy atom. The molecule has 0 unspecified atom stereocenters. The highest BCUT2D eigenvalue weighted by molar-refractivity contribution is 7.15. The second-order valence-corrected chi connectivity index (χ2v) is 7.13. The number of fused-ring (bicyclic) bond motifs is 1. The SMILES string of the molecule is C[C@@H]1CCc2nc(NC(=O)c3ccc(-n4cccn4)nc3)sc2C1. The normalized spacial score (nSPS) is 16.6. The molecule has 4 rings (SSSR count). The molecule has 1 amide bonds. The first-order chi connectivity index (χ1) is 11.7. The Morgan fingerprint density at radius 2 is 2.33 bits per heavy atom. The quantitative estimate of drug-likeness (QED) is 0.796. The second-order valence-electron chi connectivity index (χ2n) is 6.05. The molecular formula is C17H17N5OS. The summed E-state index contributed by atoms with van der Waals surface area (Å²) in [6, 6.07) is 5.35. The van der Waals surface area contributed by atoms with Crippen LogP contribution in [-0.4, -0.2) is 25.7 Å². The molecule has 0 fully saturated rings. The van der Waals surface area contributed by atoms with Crippen molar-refractivity contribution in [2.45, 2.75) is 26.2 Å². The van der Waals surface area contributed by atoms with Crippen LogP contribution in [0.3, 0.4) is 0 Å². The molecule has 1 aliphatic carbocycles. The Bertz CT molecular complexity index is 854. The number of hydrogen-bond acceptors (Lipinski definition) is 5. The van der Waals surface area contributed by atoms with Gasteiger partial charge in [0.1, 0.15) is 0 Å². The molecule has 122 valence electrons. The highest BCUT2D eigenvalue weighted by Crippen LogP contribution is 2.32. The number of nitrogens with one attached hydrogen (secondary N) is 1. The number of anilines is 1. The third-order valence-corrected chi connectivity index (χ3v) is 5.19. The van der Waals surface area contributed by atoms with Crippen LogP contribution >= 0.6 is 11.3 Å². The molecule has 0 bridgehead atoms. The Balaban J connectivity index is 1.48. The Labute approximate surface area is 143 Å². The van der Waals surface area contributed by atoms with Gasteiger partial charge >= 0.3 is 0 Å². The van der Waals surface area contributed by atoms with E-state index < -0.39 is 0 Å². The molecule has 0 saturated carbocycles. The minimum atomic E-state index is -0.186. The van der Waals surface area contributed by atoms with Crippen LogP contribution in [0, 0.1) is 5.92 Å². The zero-order valence-corrected chi connectivity index (χ0v) is 14.1. The smallest absolute Gasteiger partial charge is 0.259 e. The first-order valence-corrected chi connectivity index (χ1v) is 8.76. The fourth-order valence-electron chi connectivity index (χ4n) is 2.82. The molecule has 1 atom stereocenters. The van der Waals surface area contributed by atoms with Crippen LogP contribution in [0.2, 0.25) is 0 Å². The van der Waals surface area contributed by atoms with E-state index in [9.17, 15) is 4.79 Å². The Kier molecular flexibility index (Phi) is 3.86. The lowest BCUT2D eigenvalue weighted by Crippen LogP contribution is -2.12. The molecule has 0 aliphatic heterocycles. The fourth-order valence-corrected chi connectivity index (χ4v) is 3.99. The maximum Gasteiger partial charge on any atom is 0.259 e. The molecule has 0 radical (unpaired) electrons. The van der Waals surface area contributed by atoms with Gasteiger partial charge in [-0.25, -0.2) is 14.6 Å². The zero-order chi connectivity index (χ0) is 16.5. The van der Waals surface area contributed by atoms with Crippen molar-refractivity contribution in [3.8, 4) is 5.82 Å². The van der Waals surface area contributed by atoms with Gasteiger partial charge in [0.25, 0.3) is 5.91 Å². The van der Waals surface area contributed by atoms with Crippen LogP contribution in [-0.2, 0) is 12.8 Å². The van der Waals surface area contributed by atoms with Crippen LogP contribution in [0.4, 0.5) is 5.13 Å². The van der Waals surface area contributed by atoms with E-state index in [-0.39, 0.29) is 5.91 Å². The van der Waals surface area contributed by atoms with Crippen LogP contribution in [0.5, 0.6) is 0 Å². The summed E-state index contributed by atoms with van der Waals surface area (Å²) in [7, 11) is 0. The van der Waals surface area contributed by atoms with Crippen LogP contribution < -0.4 is 5.32 Å². The summed E-state index contributed by atoms with van der Waals surface area (Å²) >= 11 is 1.59. The van der Waals surface area contributed by atoms with E-state index in [4.69, 9.17) is 0 Å². The van der Waals surface area contributed by atoms with Gasteiger partial charge in [-0.05, 0) is 43.4 Å². The molecular weight excluding hydrogens is 322 g/mol. The lowest BCUT2D eigenvalue weighted by Gasteiger charge is -2.15. The molecule has 3 aromatic heterocycles. The van der Waals surface area contributed by atoms with E-state index in [0.717, 1.165) is 18.5 Å². The van der Waals surface area contributed by atoms with E-state index in [1.807, 2.05) is 12.3 Å². The number of nitrogens with zero attached hydrogens (tertiary/aromatic N) is 4. The maximum atomic E-state index is 12.4. The van der Waals surface area contributed by atoms with Crippen molar-refractivity contribution in [2.24, 2.45) is 5.92 Å². The van der Waals surface area contributed by atoms with Crippen molar-refractivity contribution in [2.75, 3.05) is 5.32 Å². The number of carbonyl (C=O) groups is 1. The Hall–Kier alpha value is -2.54. The van der Waals surface area contributed by atoms with Gasteiger partial charge in [0.05, 0.1) is 11.3 Å². The van der Waals surface area contributed by atoms with Crippen molar-refractivity contribution in [1.82, 2.24) is 19.7 Å². The first-order valence-electron chi connectivity index (χ1n) is 7.95. The molecule has 0 saturated heterocycles. The molecule has 0 aromatic carbocycles. The molecule has 24 heavy (non-hydrogen) atoms. The number of aromatic nitrogens is 4. The monoisotopic (exact) mass is 339 g/mol. The maximum absolute atomic E-state index is 12.4. The molecule has 3 aromatic rings. The van der Waals surface area contributed by atoms with E-state index in [2.05, 4.69) is 27.3 Å². The third kappa shape index (κ3) is 2.94. The predicted octanol–water partition coefficient (Wildman–Crippen LogP) is 3.10. The van der Waals surface area contributed by atoms with Crippen molar-refractivity contribution in [3.63, 3.8) is 0 Å². The molecule has 0 spiro atoms. The summed E-state index contributed by atoms with van der Waals surface area (Å²) in [6.07, 6.45) is 8.29. The van der Waals surface area contributed by atoms with Gasteiger partial charge in [-0.2, -0.15) is 5.10 Å². The summed E-state index contributed by atoms with van der Waals surface area (Å²) in [6.45, 7) is 2.26. The highest BCUT2D eigenvalue weighted by atomic mass is 32.1. The fraction of sp³-hybridized carbons (Fsp3) is 0.294. The number of rotatable bonds is 3. The van der Waals surface area contributed by atoms with Crippen LogP contribution in [0.25, 0.3) is 5.82 Å². The average Bonchev–Trinajstić information content (AvgIpc) is 3.23. The van der Waals surface area contributed by atoms with Gasteiger partial charge in [0.2, 0.25) is 0 Å². The van der Waals surface area contributed by atoms with Gasteiger partial charge in [0, 0.05) is 23.5 Å². The summed E-state index contributed by atoms with van der Waals surface area (Å²) in [5.74, 6) is 1.18. The van der Waals surface area contributed by atoms with Crippen LogP contribution in [0.1, 0.15) is 34.3 Å². The molecule has 6 nitrogen and oxygen atoms in total. The summed E-state index contributed by atoms with van der Waals surface area (Å²) in [5.41, 5.74) is 1.65. The Morgan fingerprint density at radius 1 is 1.42 bits per heavy atom. The molecule has 3 heterocycles. The van der Waals surface area contributed by atoms with E-state index in [1.165, 1.54) is 11.3 Å².